The lowest BCUT2D eigenvalue weighted by atomic mass is 10.2. The number of fused-ring (bicyclic) bond motifs is 1. The van der Waals surface area contributed by atoms with E-state index in [1.54, 1.807) is 13.2 Å². The van der Waals surface area contributed by atoms with Crippen LogP contribution in [-0.2, 0) is 26.9 Å². The van der Waals surface area contributed by atoms with Gasteiger partial charge < -0.3 is 9.30 Å². The standard InChI is InChI=1S/C17H12ClF4N7O/c1-28-6-11(17(20,21)22)24-14(28)12-10(19)3-8(4-23-12)7-30-15-9-5-29(2)27-13(9)25-16(18)26-15/h3-6H,7H2,1-2H3. The maximum atomic E-state index is 14.6. The number of rotatable bonds is 4. The molecule has 0 aliphatic heterocycles. The van der Waals surface area contributed by atoms with E-state index in [4.69, 9.17) is 16.3 Å². The van der Waals surface area contributed by atoms with Gasteiger partial charge in [-0.3, -0.25) is 4.68 Å². The fourth-order valence-corrected chi connectivity index (χ4v) is 2.93. The van der Waals surface area contributed by atoms with Crippen LogP contribution in [0.5, 0.6) is 5.88 Å². The van der Waals surface area contributed by atoms with Crippen molar-refractivity contribution >= 4 is 22.6 Å². The average molecular weight is 442 g/mol. The minimum atomic E-state index is -4.64. The van der Waals surface area contributed by atoms with Crippen LogP contribution in [0.25, 0.3) is 22.6 Å². The van der Waals surface area contributed by atoms with E-state index >= 15 is 0 Å². The molecule has 0 aromatic carbocycles. The SMILES string of the molecule is Cn1cc2c(OCc3cnc(-c4nc(C(F)(F)F)cn4C)c(F)c3)nc(Cl)nc2n1. The summed E-state index contributed by atoms with van der Waals surface area (Å²) in [5.74, 6) is -0.931. The second kappa shape index (κ2) is 7.20. The van der Waals surface area contributed by atoms with Crippen LogP contribution in [0.1, 0.15) is 11.3 Å². The number of hydrogen-bond acceptors (Lipinski definition) is 6. The maximum absolute atomic E-state index is 14.6. The van der Waals surface area contributed by atoms with Gasteiger partial charge in [0.05, 0.1) is 0 Å². The number of aryl methyl sites for hydroxylation is 2. The molecule has 0 saturated heterocycles. The van der Waals surface area contributed by atoms with Crippen molar-refractivity contribution in [3.8, 4) is 17.4 Å². The number of halogens is 5. The molecule has 0 N–H and O–H groups in total. The molecule has 8 nitrogen and oxygen atoms in total. The fraction of sp³-hybridized carbons (Fsp3) is 0.235. The number of pyridine rings is 1. The normalized spacial score (nSPS) is 12.0. The highest BCUT2D eigenvalue weighted by Crippen LogP contribution is 2.31. The van der Waals surface area contributed by atoms with Gasteiger partial charge in [-0.2, -0.15) is 28.2 Å². The zero-order valence-electron chi connectivity index (χ0n) is 15.4. The predicted octanol–water partition coefficient (Wildman–Crippen LogP) is 3.55. The van der Waals surface area contributed by atoms with Gasteiger partial charge in [0.25, 0.3) is 0 Å². The molecule has 4 aromatic rings. The van der Waals surface area contributed by atoms with Gasteiger partial charge in [-0.25, -0.2) is 14.4 Å². The quantitative estimate of drug-likeness (QED) is 0.356. The van der Waals surface area contributed by atoms with Crippen molar-refractivity contribution in [1.82, 2.24) is 34.3 Å². The summed E-state index contributed by atoms with van der Waals surface area (Å²) in [6.45, 7) is -0.115. The van der Waals surface area contributed by atoms with E-state index in [1.807, 2.05) is 0 Å². The molecule has 4 rings (SSSR count). The molecule has 0 aliphatic carbocycles. The van der Waals surface area contributed by atoms with Gasteiger partial charge in [0.15, 0.2) is 23.0 Å². The minimum absolute atomic E-state index is 0.0638. The molecule has 0 radical (unpaired) electrons. The van der Waals surface area contributed by atoms with Gasteiger partial charge >= 0.3 is 6.18 Å². The van der Waals surface area contributed by atoms with Gasteiger partial charge in [0.2, 0.25) is 11.2 Å². The van der Waals surface area contributed by atoms with Gasteiger partial charge in [-0.05, 0) is 17.7 Å². The van der Waals surface area contributed by atoms with Gasteiger partial charge in [-0.1, -0.05) is 0 Å². The lowest BCUT2D eigenvalue weighted by Crippen LogP contribution is -2.05. The molecule has 4 heterocycles. The first kappa shape index (κ1) is 20.0. The van der Waals surface area contributed by atoms with Gasteiger partial charge in [0.1, 0.15) is 17.7 Å². The summed E-state index contributed by atoms with van der Waals surface area (Å²) in [4.78, 5) is 15.3. The molecule has 0 fully saturated rings. The van der Waals surface area contributed by atoms with Crippen molar-refractivity contribution in [3.05, 3.63) is 47.0 Å². The Morgan fingerprint density at radius 3 is 2.57 bits per heavy atom. The van der Waals surface area contributed by atoms with E-state index < -0.39 is 17.7 Å². The fourth-order valence-electron chi connectivity index (χ4n) is 2.77. The van der Waals surface area contributed by atoms with Crippen molar-refractivity contribution in [2.24, 2.45) is 14.1 Å². The van der Waals surface area contributed by atoms with Crippen LogP contribution in [0, 0.1) is 5.82 Å². The lowest BCUT2D eigenvalue weighted by molar-refractivity contribution is -0.140. The Labute approximate surface area is 171 Å². The summed E-state index contributed by atoms with van der Waals surface area (Å²) < 4.78 is 61.2. The third-order valence-corrected chi connectivity index (χ3v) is 4.25. The molecular weight excluding hydrogens is 430 g/mol. The van der Waals surface area contributed by atoms with E-state index in [0.29, 0.717) is 16.6 Å². The first-order valence-electron chi connectivity index (χ1n) is 8.37. The van der Waals surface area contributed by atoms with Crippen LogP contribution in [-0.4, -0.2) is 34.3 Å². The van der Waals surface area contributed by atoms with Crippen LogP contribution in [0.3, 0.4) is 0 Å². The van der Waals surface area contributed by atoms with Crippen molar-refractivity contribution < 1.29 is 22.3 Å². The second-order valence-electron chi connectivity index (χ2n) is 6.36. The highest BCUT2D eigenvalue weighted by molar-refractivity contribution is 6.28. The first-order chi connectivity index (χ1) is 14.1. The Kier molecular flexibility index (Phi) is 4.80. The molecule has 156 valence electrons. The molecule has 0 saturated carbocycles. The highest BCUT2D eigenvalue weighted by atomic mass is 35.5. The Morgan fingerprint density at radius 2 is 1.90 bits per heavy atom. The minimum Gasteiger partial charge on any atom is -0.472 e. The Hall–Kier alpha value is -3.28. The van der Waals surface area contributed by atoms with Crippen molar-refractivity contribution in [3.63, 3.8) is 0 Å². The second-order valence-corrected chi connectivity index (χ2v) is 6.70. The molecule has 0 aliphatic rings. The number of ether oxygens (including phenoxy) is 1. The average Bonchev–Trinajstić information content (AvgIpc) is 3.21. The Morgan fingerprint density at radius 1 is 1.13 bits per heavy atom. The third kappa shape index (κ3) is 3.77. The van der Waals surface area contributed by atoms with Crippen molar-refractivity contribution in [1.29, 1.82) is 0 Å². The van der Waals surface area contributed by atoms with E-state index in [2.05, 4.69) is 25.0 Å². The summed E-state index contributed by atoms with van der Waals surface area (Å²) in [6.07, 6.45) is -0.950. The van der Waals surface area contributed by atoms with Crippen LogP contribution in [0.4, 0.5) is 17.6 Å². The van der Waals surface area contributed by atoms with Gasteiger partial charge in [-0.15, -0.1) is 0 Å². The smallest absolute Gasteiger partial charge is 0.434 e. The third-order valence-electron chi connectivity index (χ3n) is 4.08. The van der Waals surface area contributed by atoms with Crippen molar-refractivity contribution in [2.45, 2.75) is 12.8 Å². The number of nitrogens with zero attached hydrogens (tertiary/aromatic N) is 7. The van der Waals surface area contributed by atoms with Crippen LogP contribution in [0.2, 0.25) is 5.28 Å². The summed E-state index contributed by atoms with van der Waals surface area (Å²) in [6, 6.07) is 1.10. The van der Waals surface area contributed by atoms with E-state index in [1.165, 1.54) is 17.9 Å². The van der Waals surface area contributed by atoms with Crippen LogP contribution < -0.4 is 4.74 Å². The maximum Gasteiger partial charge on any atom is 0.434 e. The molecule has 30 heavy (non-hydrogen) atoms. The number of hydrogen-bond donors (Lipinski definition) is 0. The largest absolute Gasteiger partial charge is 0.472 e. The summed E-state index contributed by atoms with van der Waals surface area (Å²) in [5.41, 5.74) is -0.776. The summed E-state index contributed by atoms with van der Waals surface area (Å²) in [7, 11) is 3.02. The molecule has 13 heteroatoms. The van der Waals surface area contributed by atoms with Crippen LogP contribution in [0.15, 0.2) is 24.7 Å². The van der Waals surface area contributed by atoms with Gasteiger partial charge in [0, 0.05) is 38.2 Å². The Balaban J connectivity index is 1.59. The molecule has 4 aromatic heterocycles. The topological polar surface area (TPSA) is 83.5 Å². The van der Waals surface area contributed by atoms with E-state index in [0.717, 1.165) is 16.8 Å². The monoisotopic (exact) mass is 441 g/mol. The van der Waals surface area contributed by atoms with Crippen molar-refractivity contribution in [2.75, 3.05) is 0 Å². The number of imidazole rings is 1. The molecule has 0 atom stereocenters. The highest BCUT2D eigenvalue weighted by Gasteiger charge is 2.35. The zero-order chi connectivity index (χ0) is 21.6. The molecule has 0 bridgehead atoms. The predicted molar refractivity (Wildman–Crippen MR) is 97.0 cm³/mol. The van der Waals surface area contributed by atoms with Crippen LogP contribution >= 0.6 is 11.6 Å². The Bertz CT molecular complexity index is 1250. The molecule has 0 amide bonds. The molecule has 0 unspecified atom stereocenters. The zero-order valence-corrected chi connectivity index (χ0v) is 16.2. The molecule has 0 spiro atoms. The lowest BCUT2D eigenvalue weighted by Gasteiger charge is -2.08. The van der Waals surface area contributed by atoms with E-state index in [-0.39, 0.29) is 29.3 Å². The summed E-state index contributed by atoms with van der Waals surface area (Å²) >= 11 is 5.86. The number of alkyl halides is 3. The first-order valence-corrected chi connectivity index (χ1v) is 8.74. The molecular formula is C17H12ClF4N7O. The summed E-state index contributed by atoms with van der Waals surface area (Å²) in [5, 5.41) is 4.57. The van der Waals surface area contributed by atoms with E-state index in [9.17, 15) is 17.6 Å². The number of aromatic nitrogens is 7.